The normalized spacial score (nSPS) is 12.5. The molecule has 2 aromatic heterocycles. The fraction of sp³-hybridized carbons (Fsp3) is 0. The molecule has 0 aliphatic carbocycles. The summed E-state index contributed by atoms with van der Waals surface area (Å²) in [5, 5.41) is 13.0. The molecule has 0 unspecified atom stereocenters. The number of hydrogen-bond acceptors (Lipinski definition) is 0. The molecule has 0 atom stereocenters. The first-order chi connectivity index (χ1) is 19.9. The molecule has 0 radical (unpaired) electrons. The molecule has 0 saturated carbocycles. The molecule has 0 saturated heterocycles. The van der Waals surface area contributed by atoms with Gasteiger partial charge in [0.2, 0.25) is 0 Å². The zero-order chi connectivity index (χ0) is 25.9. The van der Waals surface area contributed by atoms with E-state index in [0.717, 1.165) is 0 Å². The summed E-state index contributed by atoms with van der Waals surface area (Å²) in [4.78, 5) is 0. The van der Waals surface area contributed by atoms with Crippen molar-refractivity contribution >= 4 is 75.9 Å². The molecule has 2 heteroatoms. The van der Waals surface area contributed by atoms with Crippen LogP contribution in [0.5, 0.6) is 0 Å². The first kappa shape index (κ1) is 20.6. The van der Waals surface area contributed by atoms with Crippen molar-refractivity contribution < 1.29 is 0 Å². The third-order valence-electron chi connectivity index (χ3n) is 9.01. The number of rotatable bonds is 2. The van der Waals surface area contributed by atoms with E-state index < -0.39 is 0 Å². The van der Waals surface area contributed by atoms with Crippen LogP contribution in [0.3, 0.4) is 0 Å². The van der Waals surface area contributed by atoms with Gasteiger partial charge in [-0.3, -0.25) is 0 Å². The zero-order valence-electron chi connectivity index (χ0n) is 21.6. The molecule has 0 N–H and O–H groups in total. The van der Waals surface area contributed by atoms with Crippen molar-refractivity contribution in [1.82, 2.24) is 9.13 Å². The summed E-state index contributed by atoms with van der Waals surface area (Å²) < 4.78 is 4.94. The van der Waals surface area contributed by atoms with Crippen LogP contribution in [0.15, 0.2) is 133 Å². The molecule has 0 spiro atoms. The zero-order valence-corrected chi connectivity index (χ0v) is 21.6. The van der Waals surface area contributed by atoms with Crippen molar-refractivity contribution in [2.24, 2.45) is 0 Å². The van der Waals surface area contributed by atoms with Crippen molar-refractivity contribution in [2.45, 2.75) is 0 Å². The Kier molecular flexibility index (Phi) is 3.70. The van der Waals surface area contributed by atoms with Crippen molar-refractivity contribution in [3.05, 3.63) is 133 Å². The van der Waals surface area contributed by atoms with Gasteiger partial charge in [0.1, 0.15) is 0 Å². The van der Waals surface area contributed by atoms with Crippen LogP contribution in [0.1, 0.15) is 0 Å². The molecule has 0 aliphatic rings. The van der Waals surface area contributed by atoms with E-state index in [0.29, 0.717) is 0 Å². The van der Waals surface area contributed by atoms with Crippen molar-refractivity contribution in [3.8, 4) is 11.4 Å². The monoisotopic (exact) mass is 506 g/mol. The smallest absolute Gasteiger partial charge is 0.0547 e. The van der Waals surface area contributed by atoms with Gasteiger partial charge in [0.25, 0.3) is 0 Å². The maximum absolute atomic E-state index is 2.47. The van der Waals surface area contributed by atoms with E-state index in [1.807, 2.05) is 0 Å². The summed E-state index contributed by atoms with van der Waals surface area (Å²) in [6.45, 7) is 0. The fourth-order valence-corrected chi connectivity index (χ4v) is 7.42. The molecule has 0 fully saturated rings. The molecule has 10 rings (SSSR count). The Morgan fingerprint density at radius 1 is 0.275 bits per heavy atom. The Morgan fingerprint density at radius 2 is 0.600 bits per heavy atom. The van der Waals surface area contributed by atoms with Gasteiger partial charge >= 0.3 is 0 Å². The van der Waals surface area contributed by atoms with Crippen LogP contribution in [-0.4, -0.2) is 9.13 Å². The second-order valence-electron chi connectivity index (χ2n) is 11.0. The maximum atomic E-state index is 2.47. The second-order valence-corrected chi connectivity index (χ2v) is 11.0. The highest BCUT2D eigenvalue weighted by Gasteiger charge is 2.21. The highest BCUT2D eigenvalue weighted by Crippen LogP contribution is 2.43. The van der Waals surface area contributed by atoms with Gasteiger partial charge in [0, 0.05) is 32.3 Å². The Morgan fingerprint density at radius 3 is 0.925 bits per heavy atom. The molecule has 0 aliphatic heterocycles. The maximum Gasteiger partial charge on any atom is 0.0547 e. The lowest BCUT2D eigenvalue weighted by Crippen LogP contribution is -2.00. The highest BCUT2D eigenvalue weighted by molar-refractivity contribution is 6.26. The third kappa shape index (κ3) is 2.41. The lowest BCUT2D eigenvalue weighted by Gasteiger charge is -2.16. The van der Waals surface area contributed by atoms with E-state index in [-0.39, 0.29) is 0 Å². The van der Waals surface area contributed by atoms with Crippen molar-refractivity contribution in [3.63, 3.8) is 0 Å². The van der Waals surface area contributed by atoms with Gasteiger partial charge in [0.05, 0.1) is 33.4 Å². The molecule has 8 aromatic carbocycles. The first-order valence-electron chi connectivity index (χ1n) is 13.9. The van der Waals surface area contributed by atoms with E-state index in [4.69, 9.17) is 0 Å². The van der Waals surface area contributed by atoms with Crippen LogP contribution < -0.4 is 0 Å². The van der Waals surface area contributed by atoms with Gasteiger partial charge in [-0.15, -0.1) is 0 Å². The molecule has 2 nitrogen and oxygen atoms in total. The highest BCUT2D eigenvalue weighted by atomic mass is 15.0. The summed E-state index contributed by atoms with van der Waals surface area (Å²) in [6.07, 6.45) is 0. The van der Waals surface area contributed by atoms with Gasteiger partial charge < -0.3 is 9.13 Å². The van der Waals surface area contributed by atoms with Crippen molar-refractivity contribution in [2.75, 3.05) is 0 Å². The number of benzene rings is 8. The Bertz CT molecular complexity index is 2280. The summed E-state index contributed by atoms with van der Waals surface area (Å²) in [5.74, 6) is 0. The summed E-state index contributed by atoms with van der Waals surface area (Å²) in [7, 11) is 0. The number of hydrogen-bond donors (Lipinski definition) is 0. The Balaban J connectivity index is 1.36. The van der Waals surface area contributed by atoms with E-state index in [1.165, 1.54) is 87.3 Å². The van der Waals surface area contributed by atoms with Crippen LogP contribution in [0.4, 0.5) is 0 Å². The quantitative estimate of drug-likeness (QED) is 0.206. The molecule has 2 heterocycles. The average Bonchev–Trinajstić information content (AvgIpc) is 3.54. The van der Waals surface area contributed by atoms with E-state index >= 15 is 0 Å². The lowest BCUT2D eigenvalue weighted by molar-refractivity contribution is 1.17. The Hall–Kier alpha value is -5.34. The molecule has 10 aromatic rings. The SMILES string of the molecule is c1ccc2c(-n3c4cccc5ccc6cccc3c6c54)ccc(-n3c4cccc5ccc6cccc3c6c54)c2c1. The summed E-state index contributed by atoms with van der Waals surface area (Å²) >= 11 is 0. The molecule has 40 heavy (non-hydrogen) atoms. The second kappa shape index (κ2) is 7.19. The number of aromatic nitrogens is 2. The van der Waals surface area contributed by atoms with Crippen LogP contribution in [-0.2, 0) is 0 Å². The first-order valence-corrected chi connectivity index (χ1v) is 13.9. The Labute approximate surface area is 229 Å². The molecular formula is C38H22N2. The minimum atomic E-state index is 1.21. The summed E-state index contributed by atoms with van der Waals surface area (Å²) in [6, 6.07) is 49.3. The van der Waals surface area contributed by atoms with Gasteiger partial charge in [-0.2, -0.15) is 0 Å². The van der Waals surface area contributed by atoms with Gasteiger partial charge in [-0.05, 0) is 57.9 Å². The average molecular weight is 507 g/mol. The molecule has 0 bridgehead atoms. The predicted octanol–water partition coefficient (Wildman–Crippen LogP) is 10.2. The number of fused-ring (bicyclic) bond motifs is 1. The topological polar surface area (TPSA) is 9.86 Å². The van der Waals surface area contributed by atoms with Crippen LogP contribution in [0.2, 0.25) is 0 Å². The third-order valence-corrected chi connectivity index (χ3v) is 9.01. The standard InChI is InChI=1S/C38H22N2/c1-2-12-28-27(11-1)29(39-31-13-3-7-23-17-18-24-8-4-14-32(39)36(24)35(23)31)21-22-30(28)40-33-15-5-9-25-19-20-26-10-6-16-34(40)38(26)37(25)33/h1-22H. The van der Waals surface area contributed by atoms with E-state index in [1.54, 1.807) is 0 Å². The molecular weight excluding hydrogens is 484 g/mol. The minimum Gasteiger partial charge on any atom is -0.309 e. The van der Waals surface area contributed by atoms with Gasteiger partial charge in [-0.25, -0.2) is 0 Å². The molecule has 0 amide bonds. The molecule has 184 valence electrons. The van der Waals surface area contributed by atoms with E-state index in [9.17, 15) is 0 Å². The predicted molar refractivity (Wildman–Crippen MR) is 170 cm³/mol. The number of nitrogens with zero attached hydrogens (tertiary/aromatic N) is 2. The lowest BCUT2D eigenvalue weighted by atomic mass is 10.0. The summed E-state index contributed by atoms with van der Waals surface area (Å²) in [5.41, 5.74) is 7.44. The largest absolute Gasteiger partial charge is 0.309 e. The fourth-order valence-electron chi connectivity index (χ4n) is 7.42. The van der Waals surface area contributed by atoms with Crippen LogP contribution >= 0.6 is 0 Å². The minimum absolute atomic E-state index is 1.21. The van der Waals surface area contributed by atoms with Crippen LogP contribution in [0, 0.1) is 0 Å². The van der Waals surface area contributed by atoms with Crippen LogP contribution in [0.25, 0.3) is 87.3 Å². The van der Waals surface area contributed by atoms with Crippen molar-refractivity contribution in [1.29, 1.82) is 0 Å². The van der Waals surface area contributed by atoms with Gasteiger partial charge in [-0.1, -0.05) is 97.1 Å². The van der Waals surface area contributed by atoms with Gasteiger partial charge in [0.15, 0.2) is 0 Å². The van der Waals surface area contributed by atoms with E-state index in [2.05, 4.69) is 143 Å².